The Kier molecular flexibility index (Phi) is 6.03. The number of nitrogens with one attached hydrogen (secondary N) is 2. The molecular formula is C23H26N6O2. The lowest BCUT2D eigenvalue weighted by Gasteiger charge is -2.18. The van der Waals surface area contributed by atoms with Gasteiger partial charge in [-0.25, -0.2) is 9.78 Å². The molecule has 1 amide bonds. The van der Waals surface area contributed by atoms with Crippen LogP contribution in [0.3, 0.4) is 0 Å². The highest BCUT2D eigenvalue weighted by molar-refractivity contribution is 5.73. The van der Waals surface area contributed by atoms with Crippen LogP contribution in [-0.4, -0.2) is 46.1 Å². The normalized spacial score (nSPS) is 16.8. The third kappa shape index (κ3) is 4.77. The van der Waals surface area contributed by atoms with Crippen molar-refractivity contribution in [1.29, 1.82) is 5.26 Å². The predicted molar refractivity (Wildman–Crippen MR) is 117 cm³/mol. The minimum Gasteiger partial charge on any atom is -0.453 e. The number of carbonyl (C=O) groups is 1. The molecule has 1 aliphatic heterocycles. The molecule has 31 heavy (non-hydrogen) atoms. The number of likely N-dealkylation sites (tertiary alicyclic amines) is 1. The van der Waals surface area contributed by atoms with Gasteiger partial charge in [0.25, 0.3) is 0 Å². The van der Waals surface area contributed by atoms with E-state index in [9.17, 15) is 10.1 Å². The Morgan fingerprint density at radius 2 is 2.26 bits per heavy atom. The van der Waals surface area contributed by atoms with Crippen LogP contribution in [0.4, 0.5) is 10.7 Å². The van der Waals surface area contributed by atoms with E-state index in [1.165, 1.54) is 12.7 Å². The number of nitrogens with zero attached hydrogens (tertiary/aromatic N) is 4. The molecule has 1 aromatic carbocycles. The number of aromatic nitrogens is 3. The lowest BCUT2D eigenvalue weighted by atomic mass is 9.95. The summed E-state index contributed by atoms with van der Waals surface area (Å²) in [5.41, 5.74) is 4.65. The second-order valence-corrected chi connectivity index (χ2v) is 7.99. The fraction of sp³-hybridized carbons (Fsp3) is 0.391. The number of fused-ring (bicyclic) bond motifs is 1. The molecule has 4 rings (SSSR count). The fourth-order valence-corrected chi connectivity index (χ4v) is 4.13. The number of nitriles is 1. The number of aromatic amines is 1. The number of anilines is 1. The first-order valence-corrected chi connectivity index (χ1v) is 10.4. The van der Waals surface area contributed by atoms with E-state index in [1.807, 2.05) is 31.2 Å². The van der Waals surface area contributed by atoms with E-state index in [1.54, 1.807) is 4.90 Å². The number of H-pyrrole nitrogens is 1. The number of amides is 1. The summed E-state index contributed by atoms with van der Waals surface area (Å²) in [6, 6.07) is 14.3. The maximum Gasteiger partial charge on any atom is 0.409 e. The average Bonchev–Trinajstić information content (AvgIpc) is 3.39. The SMILES string of the molecule is COC(=O)N1CC[C@@H](Cc2cccc([C@@H](CC#N)Nc3nc4nc(C)ccc4[nH]3)c2)C1. The first-order valence-electron chi connectivity index (χ1n) is 10.4. The quantitative estimate of drug-likeness (QED) is 0.627. The number of hydrogen-bond donors (Lipinski definition) is 2. The van der Waals surface area contributed by atoms with Crippen molar-refractivity contribution in [2.75, 3.05) is 25.5 Å². The number of rotatable bonds is 6. The Bertz CT molecular complexity index is 1120. The lowest BCUT2D eigenvalue weighted by molar-refractivity contribution is 0.131. The largest absolute Gasteiger partial charge is 0.453 e. The van der Waals surface area contributed by atoms with Gasteiger partial charge >= 0.3 is 6.09 Å². The van der Waals surface area contributed by atoms with Crippen molar-refractivity contribution >= 4 is 23.2 Å². The number of imidazole rings is 1. The predicted octanol–water partition coefficient (Wildman–Crippen LogP) is 3.96. The number of aryl methyl sites for hydroxylation is 1. The van der Waals surface area contributed by atoms with Gasteiger partial charge in [0.05, 0.1) is 31.2 Å². The zero-order valence-corrected chi connectivity index (χ0v) is 17.8. The van der Waals surface area contributed by atoms with Crippen molar-refractivity contribution in [1.82, 2.24) is 19.9 Å². The van der Waals surface area contributed by atoms with E-state index in [2.05, 4.69) is 38.5 Å². The van der Waals surface area contributed by atoms with Gasteiger partial charge in [-0.3, -0.25) is 0 Å². The van der Waals surface area contributed by atoms with Crippen LogP contribution in [0.5, 0.6) is 0 Å². The van der Waals surface area contributed by atoms with Gasteiger partial charge in [-0.2, -0.15) is 10.2 Å². The van der Waals surface area contributed by atoms with Crippen LogP contribution in [0.15, 0.2) is 36.4 Å². The molecular weight excluding hydrogens is 392 g/mol. The average molecular weight is 419 g/mol. The molecule has 8 heteroatoms. The molecule has 0 radical (unpaired) electrons. The van der Waals surface area contributed by atoms with Crippen LogP contribution in [0.1, 0.15) is 35.7 Å². The zero-order chi connectivity index (χ0) is 21.8. The Morgan fingerprint density at radius 3 is 3.06 bits per heavy atom. The van der Waals surface area contributed by atoms with Crippen molar-refractivity contribution in [3.05, 3.63) is 53.2 Å². The minimum absolute atomic E-state index is 0.193. The van der Waals surface area contributed by atoms with Crippen molar-refractivity contribution in [2.24, 2.45) is 5.92 Å². The number of pyridine rings is 1. The second-order valence-electron chi connectivity index (χ2n) is 7.99. The summed E-state index contributed by atoms with van der Waals surface area (Å²) in [7, 11) is 1.42. The fourth-order valence-electron chi connectivity index (χ4n) is 4.13. The highest BCUT2D eigenvalue weighted by atomic mass is 16.5. The van der Waals surface area contributed by atoms with E-state index in [0.29, 0.717) is 30.5 Å². The van der Waals surface area contributed by atoms with Crippen LogP contribution >= 0.6 is 0 Å². The molecule has 2 aromatic heterocycles. The van der Waals surface area contributed by atoms with E-state index < -0.39 is 0 Å². The molecule has 160 valence electrons. The molecule has 1 saturated heterocycles. The molecule has 2 atom stereocenters. The summed E-state index contributed by atoms with van der Waals surface area (Å²) in [6.45, 7) is 3.37. The van der Waals surface area contributed by atoms with Gasteiger partial charge in [0, 0.05) is 18.8 Å². The summed E-state index contributed by atoms with van der Waals surface area (Å²) < 4.78 is 4.83. The molecule has 1 aliphatic rings. The maximum absolute atomic E-state index is 11.7. The molecule has 0 unspecified atom stereocenters. The van der Waals surface area contributed by atoms with Crippen LogP contribution < -0.4 is 5.32 Å². The van der Waals surface area contributed by atoms with Crippen LogP contribution in [0.25, 0.3) is 11.2 Å². The lowest BCUT2D eigenvalue weighted by Crippen LogP contribution is -2.28. The molecule has 1 fully saturated rings. The molecule has 8 nitrogen and oxygen atoms in total. The van der Waals surface area contributed by atoms with Crippen molar-refractivity contribution in [3.63, 3.8) is 0 Å². The summed E-state index contributed by atoms with van der Waals surface area (Å²) in [6.07, 6.45) is 1.90. The summed E-state index contributed by atoms with van der Waals surface area (Å²) >= 11 is 0. The number of benzene rings is 1. The molecule has 2 N–H and O–H groups in total. The Morgan fingerprint density at radius 1 is 1.39 bits per heavy atom. The Labute approximate surface area is 181 Å². The molecule has 3 heterocycles. The van der Waals surface area contributed by atoms with Crippen LogP contribution in [0, 0.1) is 24.2 Å². The third-order valence-electron chi connectivity index (χ3n) is 5.69. The topological polar surface area (TPSA) is 107 Å². The van der Waals surface area contributed by atoms with E-state index in [4.69, 9.17) is 4.74 Å². The maximum atomic E-state index is 11.7. The van der Waals surface area contributed by atoms with Gasteiger partial charge in [-0.05, 0) is 48.9 Å². The van der Waals surface area contributed by atoms with E-state index >= 15 is 0 Å². The van der Waals surface area contributed by atoms with Gasteiger partial charge in [0.1, 0.15) is 0 Å². The highest BCUT2D eigenvalue weighted by Gasteiger charge is 2.27. The number of methoxy groups -OCH3 is 1. The van der Waals surface area contributed by atoms with Crippen molar-refractivity contribution in [3.8, 4) is 6.07 Å². The first-order chi connectivity index (χ1) is 15.1. The van der Waals surface area contributed by atoms with Gasteiger partial charge in [-0.15, -0.1) is 0 Å². The molecule has 0 spiro atoms. The standard InChI is InChI=1S/C23H26N6O2/c1-15-6-7-20-21(25-15)28-22(27-20)26-19(8-10-24)18-5-3-4-16(13-18)12-17-9-11-29(14-17)23(30)31-2/h3-7,13,17,19H,8-9,11-12,14H2,1-2H3,(H2,25,26,27,28)/t17-,19+/m0/s1. The van der Waals surface area contributed by atoms with Gasteiger partial charge in [0.2, 0.25) is 5.95 Å². The molecule has 0 bridgehead atoms. The van der Waals surface area contributed by atoms with Gasteiger partial charge < -0.3 is 19.9 Å². The summed E-state index contributed by atoms with van der Waals surface area (Å²) in [4.78, 5) is 25.7. The molecule has 0 saturated carbocycles. The van der Waals surface area contributed by atoms with Crippen molar-refractivity contribution < 1.29 is 9.53 Å². The van der Waals surface area contributed by atoms with Gasteiger partial charge in [0.15, 0.2) is 5.65 Å². The molecule has 0 aliphatic carbocycles. The summed E-state index contributed by atoms with van der Waals surface area (Å²) in [5, 5.41) is 12.7. The smallest absolute Gasteiger partial charge is 0.409 e. The van der Waals surface area contributed by atoms with E-state index in [0.717, 1.165) is 36.2 Å². The van der Waals surface area contributed by atoms with Crippen LogP contribution in [-0.2, 0) is 11.2 Å². The van der Waals surface area contributed by atoms with E-state index in [-0.39, 0.29) is 12.1 Å². The Hall–Kier alpha value is -3.60. The third-order valence-corrected chi connectivity index (χ3v) is 5.69. The summed E-state index contributed by atoms with van der Waals surface area (Å²) in [5.74, 6) is 1.00. The number of ether oxygens (including phenoxy) is 1. The second kappa shape index (κ2) is 9.04. The minimum atomic E-state index is -0.259. The van der Waals surface area contributed by atoms with Gasteiger partial charge in [-0.1, -0.05) is 24.3 Å². The number of hydrogen-bond acceptors (Lipinski definition) is 6. The highest BCUT2D eigenvalue weighted by Crippen LogP contribution is 2.26. The first kappa shape index (κ1) is 20.7. The monoisotopic (exact) mass is 418 g/mol. The van der Waals surface area contributed by atoms with Crippen molar-refractivity contribution in [2.45, 2.75) is 32.2 Å². The Balaban J connectivity index is 1.48. The molecule has 3 aromatic rings. The number of carbonyl (C=O) groups excluding carboxylic acids is 1. The van der Waals surface area contributed by atoms with Crippen LogP contribution in [0.2, 0.25) is 0 Å². The zero-order valence-electron chi connectivity index (χ0n) is 17.8.